The number of fused-ring (bicyclic) bond motifs is 1. The minimum absolute atomic E-state index is 0.0901. The van der Waals surface area contributed by atoms with E-state index in [-0.39, 0.29) is 24.9 Å². The summed E-state index contributed by atoms with van der Waals surface area (Å²) in [7, 11) is 0. The zero-order chi connectivity index (χ0) is 19.4. The van der Waals surface area contributed by atoms with Gasteiger partial charge in [-0.25, -0.2) is 9.50 Å². The molecule has 1 amide bonds. The van der Waals surface area contributed by atoms with Gasteiger partial charge >= 0.3 is 5.97 Å². The van der Waals surface area contributed by atoms with E-state index in [0.717, 1.165) is 67.1 Å². The molecule has 3 heterocycles. The van der Waals surface area contributed by atoms with Crippen molar-refractivity contribution in [3.63, 3.8) is 0 Å². The van der Waals surface area contributed by atoms with E-state index in [0.29, 0.717) is 6.42 Å². The van der Waals surface area contributed by atoms with Crippen LogP contribution >= 0.6 is 0 Å². The average molecular weight is 372 g/mol. The molecule has 2 aromatic heterocycles. The van der Waals surface area contributed by atoms with Crippen LogP contribution in [0.4, 0.5) is 0 Å². The molecular weight excluding hydrogens is 344 g/mol. The molecule has 2 aromatic rings. The van der Waals surface area contributed by atoms with Crippen molar-refractivity contribution in [2.75, 3.05) is 19.7 Å². The number of hydrogen-bond acceptors (Lipinski definition) is 5. The summed E-state index contributed by atoms with van der Waals surface area (Å²) in [4.78, 5) is 30.7. The average Bonchev–Trinajstić information content (AvgIpc) is 2.84. The predicted octanol–water partition coefficient (Wildman–Crippen LogP) is 2.53. The highest BCUT2D eigenvalue weighted by atomic mass is 16.5. The molecule has 0 radical (unpaired) electrons. The molecule has 7 nitrogen and oxygen atoms in total. The molecule has 0 saturated carbocycles. The summed E-state index contributed by atoms with van der Waals surface area (Å²) in [6.07, 6.45) is 5.13. The summed E-state index contributed by atoms with van der Waals surface area (Å²) < 4.78 is 7.03. The lowest BCUT2D eigenvalue weighted by Gasteiger charge is -2.20. The third-order valence-electron chi connectivity index (χ3n) is 5.18. The second kappa shape index (κ2) is 8.50. The number of ether oxygens (including phenoxy) is 1. The Bertz CT molecular complexity index is 835. The van der Waals surface area contributed by atoms with Crippen molar-refractivity contribution in [3.05, 3.63) is 28.7 Å². The van der Waals surface area contributed by atoms with Crippen LogP contribution in [0.5, 0.6) is 0 Å². The summed E-state index contributed by atoms with van der Waals surface area (Å²) in [5.74, 6) is -0.443. The Balaban J connectivity index is 1.54. The minimum atomic E-state index is -0.353. The maximum absolute atomic E-state index is 12.2. The van der Waals surface area contributed by atoms with Crippen LogP contribution in [0, 0.1) is 20.8 Å². The molecule has 0 unspecified atom stereocenters. The molecule has 0 N–H and O–H groups in total. The number of aromatic nitrogens is 3. The van der Waals surface area contributed by atoms with E-state index in [1.165, 1.54) is 0 Å². The number of hydrogen-bond donors (Lipinski definition) is 0. The van der Waals surface area contributed by atoms with Gasteiger partial charge < -0.3 is 9.64 Å². The standard InChI is InChI=1S/C20H28N4O3/c1-14-12-18-21-15(2)17(16(3)24(18)22-14)8-9-20(26)27-13-19(25)23-10-6-4-5-7-11-23/h12H,4-11,13H2,1-3H3. The Morgan fingerprint density at radius 2 is 1.81 bits per heavy atom. The number of carbonyl (C=O) groups is 2. The molecule has 7 heteroatoms. The SMILES string of the molecule is Cc1cc2nc(C)c(CCC(=O)OCC(=O)N3CCCCCC3)c(C)n2n1. The van der Waals surface area contributed by atoms with E-state index >= 15 is 0 Å². The Labute approximate surface area is 159 Å². The lowest BCUT2D eigenvalue weighted by Crippen LogP contribution is -2.35. The highest BCUT2D eigenvalue weighted by Gasteiger charge is 2.18. The van der Waals surface area contributed by atoms with Crippen LogP contribution in [-0.2, 0) is 20.7 Å². The van der Waals surface area contributed by atoms with Gasteiger partial charge in [-0.3, -0.25) is 9.59 Å². The fraction of sp³-hybridized carbons (Fsp3) is 0.600. The topological polar surface area (TPSA) is 76.8 Å². The Morgan fingerprint density at radius 1 is 1.11 bits per heavy atom. The van der Waals surface area contributed by atoms with E-state index < -0.39 is 0 Å². The van der Waals surface area contributed by atoms with E-state index in [4.69, 9.17) is 4.74 Å². The zero-order valence-electron chi connectivity index (χ0n) is 16.5. The first kappa shape index (κ1) is 19.3. The van der Waals surface area contributed by atoms with Gasteiger partial charge in [-0.15, -0.1) is 0 Å². The molecule has 0 aromatic carbocycles. The van der Waals surface area contributed by atoms with Crippen molar-refractivity contribution in [2.24, 2.45) is 0 Å². The van der Waals surface area contributed by atoms with Crippen molar-refractivity contribution in [2.45, 2.75) is 59.3 Å². The molecule has 1 aliphatic rings. The number of amides is 1. The van der Waals surface area contributed by atoms with Gasteiger partial charge in [0.2, 0.25) is 0 Å². The van der Waals surface area contributed by atoms with Crippen LogP contribution < -0.4 is 0 Å². The van der Waals surface area contributed by atoms with Crippen LogP contribution in [0.2, 0.25) is 0 Å². The van der Waals surface area contributed by atoms with Crippen LogP contribution in [0.1, 0.15) is 54.7 Å². The first-order valence-electron chi connectivity index (χ1n) is 9.71. The highest BCUT2D eigenvalue weighted by molar-refractivity contribution is 5.80. The second-order valence-corrected chi connectivity index (χ2v) is 7.27. The van der Waals surface area contributed by atoms with Crippen LogP contribution in [-0.4, -0.2) is 51.1 Å². The quantitative estimate of drug-likeness (QED) is 0.754. The zero-order valence-corrected chi connectivity index (χ0v) is 16.5. The maximum atomic E-state index is 12.2. The fourth-order valence-corrected chi connectivity index (χ4v) is 3.66. The maximum Gasteiger partial charge on any atom is 0.306 e. The highest BCUT2D eigenvalue weighted by Crippen LogP contribution is 2.17. The molecule has 0 spiro atoms. The van der Waals surface area contributed by atoms with Gasteiger partial charge in [0.1, 0.15) is 0 Å². The normalized spacial score (nSPS) is 15.0. The minimum Gasteiger partial charge on any atom is -0.456 e. The predicted molar refractivity (Wildman–Crippen MR) is 102 cm³/mol. The third kappa shape index (κ3) is 4.64. The number of carbonyl (C=O) groups excluding carboxylic acids is 2. The number of nitrogens with zero attached hydrogens (tertiary/aromatic N) is 4. The second-order valence-electron chi connectivity index (χ2n) is 7.27. The summed E-state index contributed by atoms with van der Waals surface area (Å²) in [5, 5.41) is 4.45. The Hall–Kier alpha value is -2.44. The smallest absolute Gasteiger partial charge is 0.306 e. The largest absolute Gasteiger partial charge is 0.456 e. The van der Waals surface area contributed by atoms with Crippen molar-refractivity contribution in [1.82, 2.24) is 19.5 Å². The van der Waals surface area contributed by atoms with Gasteiger partial charge in [-0.2, -0.15) is 5.10 Å². The number of likely N-dealkylation sites (tertiary alicyclic amines) is 1. The van der Waals surface area contributed by atoms with Crippen molar-refractivity contribution in [3.8, 4) is 0 Å². The van der Waals surface area contributed by atoms with Crippen LogP contribution in [0.15, 0.2) is 6.07 Å². The molecule has 1 saturated heterocycles. The van der Waals surface area contributed by atoms with E-state index in [2.05, 4.69) is 10.1 Å². The molecular formula is C20H28N4O3. The van der Waals surface area contributed by atoms with Gasteiger partial charge in [0.15, 0.2) is 12.3 Å². The van der Waals surface area contributed by atoms with Gasteiger partial charge in [-0.1, -0.05) is 12.8 Å². The lowest BCUT2D eigenvalue weighted by molar-refractivity contribution is -0.152. The van der Waals surface area contributed by atoms with E-state index in [1.807, 2.05) is 36.3 Å². The van der Waals surface area contributed by atoms with Gasteiger partial charge in [0.25, 0.3) is 5.91 Å². The van der Waals surface area contributed by atoms with Crippen molar-refractivity contribution >= 4 is 17.5 Å². The van der Waals surface area contributed by atoms with Gasteiger partial charge in [0.05, 0.1) is 5.69 Å². The van der Waals surface area contributed by atoms with E-state index in [1.54, 1.807) is 0 Å². The summed E-state index contributed by atoms with van der Waals surface area (Å²) >= 11 is 0. The Morgan fingerprint density at radius 3 is 2.52 bits per heavy atom. The van der Waals surface area contributed by atoms with Crippen molar-refractivity contribution in [1.29, 1.82) is 0 Å². The van der Waals surface area contributed by atoms with Gasteiger partial charge in [-0.05, 0) is 45.6 Å². The van der Waals surface area contributed by atoms with Gasteiger partial charge in [0, 0.05) is 37.0 Å². The molecule has 0 bridgehead atoms. The monoisotopic (exact) mass is 372 g/mol. The first-order chi connectivity index (χ1) is 13.0. The summed E-state index contributed by atoms with van der Waals surface area (Å²) in [6, 6.07) is 1.94. The van der Waals surface area contributed by atoms with Crippen LogP contribution in [0.3, 0.4) is 0 Å². The number of aryl methyl sites for hydroxylation is 3. The van der Waals surface area contributed by atoms with E-state index in [9.17, 15) is 9.59 Å². The first-order valence-corrected chi connectivity index (χ1v) is 9.71. The number of esters is 1. The molecule has 0 aliphatic carbocycles. The molecule has 0 atom stereocenters. The van der Waals surface area contributed by atoms with Crippen molar-refractivity contribution < 1.29 is 14.3 Å². The lowest BCUT2D eigenvalue weighted by atomic mass is 10.1. The molecule has 1 aliphatic heterocycles. The molecule has 3 rings (SSSR count). The molecule has 27 heavy (non-hydrogen) atoms. The summed E-state index contributed by atoms with van der Waals surface area (Å²) in [5.41, 5.74) is 4.61. The third-order valence-corrected chi connectivity index (χ3v) is 5.18. The fourth-order valence-electron chi connectivity index (χ4n) is 3.66. The molecule has 1 fully saturated rings. The summed E-state index contributed by atoms with van der Waals surface area (Å²) in [6.45, 7) is 7.23. The van der Waals surface area contributed by atoms with Crippen LogP contribution in [0.25, 0.3) is 5.65 Å². The number of rotatable bonds is 5. The Kier molecular flexibility index (Phi) is 6.08. The molecule has 146 valence electrons.